The molecule has 0 amide bonds. The van der Waals surface area contributed by atoms with E-state index in [9.17, 15) is 0 Å². The van der Waals surface area contributed by atoms with Crippen molar-refractivity contribution in [3.8, 4) is 17.2 Å². The lowest BCUT2D eigenvalue weighted by molar-refractivity contribution is 0.601. The number of benzene rings is 5. The second-order valence-corrected chi connectivity index (χ2v) is 11.8. The molecule has 3 heterocycles. The summed E-state index contributed by atoms with van der Waals surface area (Å²) in [6, 6.07) is 36.1. The van der Waals surface area contributed by atoms with Crippen molar-refractivity contribution in [2.45, 2.75) is 19.8 Å². The third kappa shape index (κ3) is 3.85. The summed E-state index contributed by atoms with van der Waals surface area (Å²) in [6.45, 7) is 6.38. The summed E-state index contributed by atoms with van der Waals surface area (Å²) in [5, 5.41) is 6.63. The summed E-state index contributed by atoms with van der Waals surface area (Å²) in [5.41, 5.74) is 9.30. The van der Waals surface area contributed by atoms with Crippen molar-refractivity contribution < 1.29 is 4.42 Å². The first-order valence-corrected chi connectivity index (χ1v) is 15.4. The van der Waals surface area contributed by atoms with Crippen LogP contribution < -0.4 is 0 Å². The molecule has 45 heavy (non-hydrogen) atoms. The molecule has 0 saturated carbocycles. The Kier molecular flexibility index (Phi) is 5.66. The Bertz CT molecular complexity index is 2580. The van der Waals surface area contributed by atoms with E-state index in [1.54, 1.807) is 0 Å². The lowest BCUT2D eigenvalue weighted by Crippen LogP contribution is -2.03. The van der Waals surface area contributed by atoms with E-state index in [2.05, 4.69) is 127 Å². The van der Waals surface area contributed by atoms with Crippen LogP contribution in [0.2, 0.25) is 0 Å². The Hall–Kier alpha value is -5.74. The summed E-state index contributed by atoms with van der Waals surface area (Å²) in [6.07, 6.45) is 8.45. The topological polar surface area (TPSA) is 43.9 Å². The molecule has 0 N–H and O–H groups in total. The van der Waals surface area contributed by atoms with Crippen molar-refractivity contribution >= 4 is 66.1 Å². The fourth-order valence-electron chi connectivity index (χ4n) is 7.01. The largest absolute Gasteiger partial charge is 0.455 e. The molecule has 4 heteroatoms. The fourth-order valence-corrected chi connectivity index (χ4v) is 7.01. The van der Waals surface area contributed by atoms with Crippen LogP contribution in [0.4, 0.5) is 0 Å². The molecule has 4 nitrogen and oxygen atoms in total. The Morgan fingerprint density at radius 3 is 2.44 bits per heavy atom. The zero-order valence-corrected chi connectivity index (χ0v) is 24.9. The van der Waals surface area contributed by atoms with Gasteiger partial charge >= 0.3 is 0 Å². The maximum atomic E-state index is 6.84. The minimum Gasteiger partial charge on any atom is -0.455 e. The van der Waals surface area contributed by atoms with Crippen LogP contribution in [-0.4, -0.2) is 14.5 Å². The molecule has 0 fully saturated rings. The SMILES string of the molecule is C=Cc1c(C2=C(C)CCC=C2)oc2c1ccc1c2c2ccccc2n1-c1nc(-c2ccc3ccccc3c2)c2ccccc2n1. The normalized spacial score (nSPS) is 13.6. The van der Waals surface area contributed by atoms with Crippen LogP contribution in [0.25, 0.3) is 83.3 Å². The minimum atomic E-state index is 0.631. The molecule has 214 valence electrons. The monoisotopic (exact) mass is 579 g/mol. The van der Waals surface area contributed by atoms with Crippen molar-refractivity contribution in [1.29, 1.82) is 0 Å². The molecule has 0 aliphatic heterocycles. The Morgan fingerprint density at radius 2 is 1.58 bits per heavy atom. The van der Waals surface area contributed by atoms with Gasteiger partial charge in [0.1, 0.15) is 11.3 Å². The first kappa shape index (κ1) is 25.7. The third-order valence-corrected chi connectivity index (χ3v) is 9.22. The van der Waals surface area contributed by atoms with Gasteiger partial charge in [0.25, 0.3) is 0 Å². The van der Waals surface area contributed by atoms with E-state index < -0.39 is 0 Å². The predicted molar refractivity (Wildman–Crippen MR) is 188 cm³/mol. The predicted octanol–water partition coefficient (Wildman–Crippen LogP) is 11.1. The number of aromatic nitrogens is 3. The summed E-state index contributed by atoms with van der Waals surface area (Å²) >= 11 is 0. The van der Waals surface area contributed by atoms with Crippen LogP contribution >= 0.6 is 0 Å². The van der Waals surface area contributed by atoms with Gasteiger partial charge in [-0.05, 0) is 60.9 Å². The van der Waals surface area contributed by atoms with Crippen molar-refractivity contribution in [3.63, 3.8) is 0 Å². The van der Waals surface area contributed by atoms with Crippen molar-refractivity contribution in [2.75, 3.05) is 0 Å². The molecule has 0 atom stereocenters. The minimum absolute atomic E-state index is 0.631. The summed E-state index contributed by atoms with van der Waals surface area (Å²) in [4.78, 5) is 10.5. The quantitative estimate of drug-likeness (QED) is 0.208. The standard InChI is InChI=1S/C41H29N3O/c1-3-29-31-22-23-36-37(40(31)45-39(29)30-15-7-4-12-25(30)2)33-17-9-11-19-35(33)44(36)41-42-34-18-10-8-16-32(34)38(43-41)28-21-20-26-13-5-6-14-27(26)24-28/h3,5-11,13-24H,1,4,12H2,2H3. The van der Waals surface area contributed by atoms with Crippen molar-refractivity contribution in [2.24, 2.45) is 0 Å². The molecule has 8 aromatic rings. The number of furan rings is 1. The van der Waals surface area contributed by atoms with Gasteiger partial charge in [0.05, 0.1) is 27.6 Å². The highest BCUT2D eigenvalue weighted by Crippen LogP contribution is 2.43. The third-order valence-electron chi connectivity index (χ3n) is 9.22. The zero-order chi connectivity index (χ0) is 30.1. The van der Waals surface area contributed by atoms with E-state index in [0.717, 1.165) is 84.7 Å². The molecule has 0 saturated heterocycles. The second kappa shape index (κ2) is 9.90. The second-order valence-electron chi connectivity index (χ2n) is 11.8. The van der Waals surface area contributed by atoms with E-state index in [0.29, 0.717) is 5.95 Å². The number of fused-ring (bicyclic) bond motifs is 7. The van der Waals surface area contributed by atoms with Crippen LogP contribution in [0.5, 0.6) is 0 Å². The molecule has 0 radical (unpaired) electrons. The molecular weight excluding hydrogens is 550 g/mol. The molecule has 1 aliphatic rings. The molecule has 1 aliphatic carbocycles. The first-order chi connectivity index (χ1) is 22.2. The maximum absolute atomic E-state index is 6.84. The number of nitrogens with zero attached hydrogens (tertiary/aromatic N) is 3. The average Bonchev–Trinajstić information content (AvgIpc) is 3.63. The van der Waals surface area contributed by atoms with E-state index in [-0.39, 0.29) is 0 Å². The molecule has 0 unspecified atom stereocenters. The van der Waals surface area contributed by atoms with Crippen LogP contribution in [-0.2, 0) is 0 Å². The van der Waals surface area contributed by atoms with Gasteiger partial charge in [-0.1, -0.05) is 103 Å². The molecular formula is C41H29N3O. The Labute approximate surface area is 260 Å². The van der Waals surface area contributed by atoms with Crippen LogP contribution in [0, 0.1) is 0 Å². The summed E-state index contributed by atoms with van der Waals surface area (Å²) < 4.78 is 9.02. The van der Waals surface area contributed by atoms with Gasteiger partial charge in [0.2, 0.25) is 5.95 Å². The van der Waals surface area contributed by atoms with Gasteiger partial charge < -0.3 is 4.42 Å². The van der Waals surface area contributed by atoms with E-state index in [1.165, 1.54) is 16.3 Å². The first-order valence-electron chi connectivity index (χ1n) is 15.4. The van der Waals surface area contributed by atoms with Gasteiger partial charge in [-0.3, -0.25) is 4.57 Å². The number of allylic oxidation sites excluding steroid dienone is 4. The lowest BCUT2D eigenvalue weighted by atomic mass is 9.94. The van der Waals surface area contributed by atoms with Crippen LogP contribution in [0.1, 0.15) is 31.1 Å². The molecule has 0 bridgehead atoms. The number of hydrogen-bond donors (Lipinski definition) is 0. The highest BCUT2D eigenvalue weighted by molar-refractivity contribution is 6.21. The fraction of sp³-hybridized carbons (Fsp3) is 0.0732. The molecule has 5 aromatic carbocycles. The Balaban J connectivity index is 1.35. The van der Waals surface area contributed by atoms with E-state index in [1.807, 2.05) is 12.1 Å². The van der Waals surface area contributed by atoms with Gasteiger partial charge in [-0.15, -0.1) is 0 Å². The van der Waals surface area contributed by atoms with Gasteiger partial charge in [-0.2, -0.15) is 0 Å². The number of hydrogen-bond acceptors (Lipinski definition) is 3. The highest BCUT2D eigenvalue weighted by atomic mass is 16.3. The molecule has 3 aromatic heterocycles. The van der Waals surface area contributed by atoms with E-state index >= 15 is 0 Å². The zero-order valence-electron chi connectivity index (χ0n) is 24.9. The van der Waals surface area contributed by atoms with E-state index in [4.69, 9.17) is 14.4 Å². The van der Waals surface area contributed by atoms with Gasteiger partial charge in [0, 0.05) is 32.9 Å². The van der Waals surface area contributed by atoms with Crippen LogP contribution in [0.3, 0.4) is 0 Å². The molecule has 0 spiro atoms. The smallest absolute Gasteiger partial charge is 0.235 e. The average molecular weight is 580 g/mol. The molecule has 9 rings (SSSR count). The highest BCUT2D eigenvalue weighted by Gasteiger charge is 2.24. The van der Waals surface area contributed by atoms with Crippen molar-refractivity contribution in [3.05, 3.63) is 139 Å². The summed E-state index contributed by atoms with van der Waals surface area (Å²) in [7, 11) is 0. The van der Waals surface area contributed by atoms with Gasteiger partial charge in [0.15, 0.2) is 0 Å². The summed E-state index contributed by atoms with van der Waals surface area (Å²) in [5.74, 6) is 1.52. The maximum Gasteiger partial charge on any atom is 0.235 e. The van der Waals surface area contributed by atoms with Gasteiger partial charge in [-0.25, -0.2) is 9.97 Å². The number of para-hydroxylation sites is 2. The Morgan fingerprint density at radius 1 is 0.778 bits per heavy atom. The number of rotatable bonds is 4. The van der Waals surface area contributed by atoms with Crippen LogP contribution in [0.15, 0.2) is 132 Å². The lowest BCUT2D eigenvalue weighted by Gasteiger charge is -2.12. The van der Waals surface area contributed by atoms with Crippen molar-refractivity contribution in [1.82, 2.24) is 14.5 Å².